The van der Waals surface area contributed by atoms with Gasteiger partial charge in [0.15, 0.2) is 11.0 Å². The fourth-order valence-corrected chi connectivity index (χ4v) is 6.90. The molecule has 36 heavy (non-hydrogen) atoms. The molecule has 1 N–H and O–H groups in total. The number of thioether (sulfide) groups is 1. The topological polar surface area (TPSA) is 100 Å². The highest BCUT2D eigenvalue weighted by molar-refractivity contribution is 7.98. The Balaban J connectivity index is 1.40. The zero-order valence-electron chi connectivity index (χ0n) is 19.6. The number of aromatic nitrogens is 3. The smallest absolute Gasteiger partial charge is 0.282 e. The molecule has 0 spiro atoms. The summed E-state index contributed by atoms with van der Waals surface area (Å²) in [5, 5.41) is 8.22. The van der Waals surface area contributed by atoms with E-state index in [1.165, 1.54) is 37.2 Å². The maximum absolute atomic E-state index is 13.3. The summed E-state index contributed by atoms with van der Waals surface area (Å²) in [6.07, 6.45) is 1.74. The predicted molar refractivity (Wildman–Crippen MR) is 134 cm³/mol. The van der Waals surface area contributed by atoms with E-state index in [1.54, 1.807) is 36.4 Å². The van der Waals surface area contributed by atoms with Gasteiger partial charge in [0.2, 0.25) is 0 Å². The summed E-state index contributed by atoms with van der Waals surface area (Å²) in [6, 6.07) is 14.5. The molecule has 5 rings (SSSR count). The second kappa shape index (κ2) is 10.8. The van der Waals surface area contributed by atoms with Crippen LogP contribution in [0.15, 0.2) is 59.8 Å². The molecule has 0 saturated carbocycles. The van der Waals surface area contributed by atoms with E-state index in [0.717, 1.165) is 18.4 Å². The van der Waals surface area contributed by atoms with E-state index in [2.05, 4.69) is 15.4 Å². The van der Waals surface area contributed by atoms with Crippen LogP contribution in [0.3, 0.4) is 0 Å². The Morgan fingerprint density at radius 2 is 1.75 bits per heavy atom. The SMILES string of the molecule is O=C(c1ccccc1)n1nc(C2CN(S(=O)(=O)N3CCCC3)CCN2)nc1SCc1ccc(F)cc1. The minimum absolute atomic E-state index is 0.185. The predicted octanol–water partition coefficient (Wildman–Crippen LogP) is 2.68. The van der Waals surface area contributed by atoms with Crippen molar-refractivity contribution in [2.24, 2.45) is 0 Å². The number of piperazine rings is 1. The second-order valence-electron chi connectivity index (χ2n) is 8.73. The molecule has 0 amide bonds. The number of carbonyl (C=O) groups excluding carboxylic acids is 1. The van der Waals surface area contributed by atoms with Gasteiger partial charge in [-0.25, -0.2) is 9.37 Å². The Morgan fingerprint density at radius 1 is 1.03 bits per heavy atom. The molecule has 0 aliphatic carbocycles. The number of nitrogens with one attached hydrogen (secondary N) is 1. The molecule has 0 radical (unpaired) electrons. The minimum Gasteiger partial charge on any atom is -0.305 e. The maximum atomic E-state index is 13.3. The largest absolute Gasteiger partial charge is 0.305 e. The van der Waals surface area contributed by atoms with Crippen LogP contribution in [0, 0.1) is 5.82 Å². The van der Waals surface area contributed by atoms with Gasteiger partial charge in [-0.15, -0.1) is 5.10 Å². The van der Waals surface area contributed by atoms with E-state index in [-0.39, 0.29) is 18.3 Å². The van der Waals surface area contributed by atoms with Crippen molar-refractivity contribution in [2.45, 2.75) is 29.8 Å². The first-order chi connectivity index (χ1) is 17.4. The molecule has 190 valence electrons. The van der Waals surface area contributed by atoms with Gasteiger partial charge in [0.1, 0.15) is 5.82 Å². The van der Waals surface area contributed by atoms with Crippen molar-refractivity contribution in [3.05, 3.63) is 77.4 Å². The van der Waals surface area contributed by atoms with E-state index in [0.29, 0.717) is 48.5 Å². The van der Waals surface area contributed by atoms with Gasteiger partial charge < -0.3 is 5.32 Å². The first-order valence-electron chi connectivity index (χ1n) is 11.8. The quantitative estimate of drug-likeness (QED) is 0.469. The lowest BCUT2D eigenvalue weighted by Gasteiger charge is -2.33. The third kappa shape index (κ3) is 5.37. The summed E-state index contributed by atoms with van der Waals surface area (Å²) in [5.41, 5.74) is 1.34. The summed E-state index contributed by atoms with van der Waals surface area (Å²) in [6.45, 7) is 2.09. The van der Waals surface area contributed by atoms with Crippen molar-refractivity contribution >= 4 is 27.9 Å². The van der Waals surface area contributed by atoms with Crippen LogP contribution in [-0.2, 0) is 16.0 Å². The number of halogens is 1. The van der Waals surface area contributed by atoms with Crippen LogP contribution in [0.2, 0.25) is 0 Å². The summed E-state index contributed by atoms with van der Waals surface area (Å²) in [7, 11) is -3.55. The summed E-state index contributed by atoms with van der Waals surface area (Å²) >= 11 is 1.32. The van der Waals surface area contributed by atoms with Gasteiger partial charge in [0, 0.05) is 44.0 Å². The van der Waals surface area contributed by atoms with Crippen molar-refractivity contribution in [3.63, 3.8) is 0 Å². The van der Waals surface area contributed by atoms with Crippen LogP contribution in [-0.4, -0.2) is 70.4 Å². The fourth-order valence-electron chi connectivity index (χ4n) is 4.31. The van der Waals surface area contributed by atoms with Crippen molar-refractivity contribution < 1.29 is 17.6 Å². The van der Waals surface area contributed by atoms with Gasteiger partial charge >= 0.3 is 0 Å². The van der Waals surface area contributed by atoms with Gasteiger partial charge in [0.05, 0.1) is 6.04 Å². The van der Waals surface area contributed by atoms with Crippen LogP contribution < -0.4 is 5.32 Å². The van der Waals surface area contributed by atoms with Crippen molar-refractivity contribution in [2.75, 3.05) is 32.7 Å². The van der Waals surface area contributed by atoms with Crippen LogP contribution in [0.1, 0.15) is 40.6 Å². The number of hydrogen-bond acceptors (Lipinski definition) is 7. The molecule has 1 atom stereocenters. The first-order valence-corrected chi connectivity index (χ1v) is 14.2. The van der Waals surface area contributed by atoms with Gasteiger partial charge in [0.25, 0.3) is 16.1 Å². The molecule has 2 fully saturated rings. The van der Waals surface area contributed by atoms with Crippen molar-refractivity contribution in [1.29, 1.82) is 0 Å². The lowest BCUT2D eigenvalue weighted by atomic mass is 10.2. The number of benzene rings is 2. The fraction of sp³-hybridized carbons (Fsp3) is 0.375. The molecule has 2 saturated heterocycles. The number of rotatable bonds is 7. The maximum Gasteiger partial charge on any atom is 0.282 e. The lowest BCUT2D eigenvalue weighted by molar-refractivity contribution is 0.0932. The van der Waals surface area contributed by atoms with E-state index >= 15 is 0 Å². The van der Waals surface area contributed by atoms with E-state index in [4.69, 9.17) is 0 Å². The third-order valence-corrected chi connectivity index (χ3v) is 9.26. The minimum atomic E-state index is -3.55. The van der Waals surface area contributed by atoms with Gasteiger partial charge in [-0.05, 0) is 42.7 Å². The highest BCUT2D eigenvalue weighted by Gasteiger charge is 2.36. The molecule has 3 heterocycles. The summed E-state index contributed by atoms with van der Waals surface area (Å²) in [4.78, 5) is 17.9. The van der Waals surface area contributed by atoms with Crippen molar-refractivity contribution in [1.82, 2.24) is 28.7 Å². The zero-order valence-corrected chi connectivity index (χ0v) is 21.2. The molecular formula is C24H27FN6O3S2. The molecule has 1 unspecified atom stereocenters. The van der Waals surface area contributed by atoms with Crippen LogP contribution in [0.5, 0.6) is 0 Å². The molecule has 0 bridgehead atoms. The monoisotopic (exact) mass is 530 g/mol. The summed E-state index contributed by atoms with van der Waals surface area (Å²) in [5.74, 6) is 0.189. The summed E-state index contributed by atoms with van der Waals surface area (Å²) < 4.78 is 43.8. The molecule has 12 heteroatoms. The van der Waals surface area contributed by atoms with E-state index in [9.17, 15) is 17.6 Å². The average Bonchev–Trinajstić information content (AvgIpc) is 3.60. The molecule has 2 aromatic carbocycles. The molecule has 1 aromatic heterocycles. The number of nitrogens with zero attached hydrogens (tertiary/aromatic N) is 5. The zero-order chi connectivity index (χ0) is 25.1. The molecule has 2 aliphatic rings. The van der Waals surface area contributed by atoms with Crippen LogP contribution in [0.4, 0.5) is 4.39 Å². The van der Waals surface area contributed by atoms with Gasteiger partial charge in [-0.2, -0.15) is 21.7 Å². The molecule has 2 aliphatic heterocycles. The Kier molecular flexibility index (Phi) is 7.49. The Hall–Kier alpha value is -2.64. The molecule has 9 nitrogen and oxygen atoms in total. The Morgan fingerprint density at radius 3 is 2.47 bits per heavy atom. The van der Waals surface area contributed by atoms with Crippen LogP contribution in [0.25, 0.3) is 0 Å². The standard InChI is InChI=1S/C24H27FN6O3S2/c25-20-10-8-18(9-11-20)17-35-24-27-22(28-31(24)23(32)19-6-2-1-3-7-19)21-16-30(15-12-26-21)36(33,34)29-13-4-5-14-29/h1-3,6-11,21,26H,4-5,12-17H2. The molecule has 3 aromatic rings. The highest BCUT2D eigenvalue weighted by Crippen LogP contribution is 2.26. The van der Waals surface area contributed by atoms with Gasteiger partial charge in [-0.3, -0.25) is 4.79 Å². The van der Waals surface area contributed by atoms with Gasteiger partial charge in [-0.1, -0.05) is 42.1 Å². The van der Waals surface area contributed by atoms with E-state index < -0.39 is 16.3 Å². The van der Waals surface area contributed by atoms with Crippen molar-refractivity contribution in [3.8, 4) is 0 Å². The molecular weight excluding hydrogens is 503 g/mol. The van der Waals surface area contributed by atoms with Crippen LogP contribution >= 0.6 is 11.8 Å². The first kappa shape index (κ1) is 25.0. The van der Waals surface area contributed by atoms with E-state index in [1.807, 2.05) is 6.07 Å². The Bertz CT molecular complexity index is 1310. The lowest BCUT2D eigenvalue weighted by Crippen LogP contribution is -2.52. The Labute approximate surface area is 213 Å². The average molecular weight is 531 g/mol. The highest BCUT2D eigenvalue weighted by atomic mass is 32.2. The third-order valence-electron chi connectivity index (χ3n) is 6.26. The second-order valence-corrected chi connectivity index (χ2v) is 11.6. The normalized spacial score (nSPS) is 19.5. The number of carbonyl (C=O) groups is 1. The number of hydrogen-bond donors (Lipinski definition) is 1.